The van der Waals surface area contributed by atoms with Gasteiger partial charge in [0.1, 0.15) is 0 Å². The summed E-state index contributed by atoms with van der Waals surface area (Å²) in [7, 11) is 2.26. The Morgan fingerprint density at radius 3 is 2.25 bits per heavy atom. The van der Waals surface area contributed by atoms with Gasteiger partial charge in [-0.3, -0.25) is 0 Å². The molecule has 0 unspecified atom stereocenters. The molecule has 1 aliphatic heterocycles. The zero-order valence-corrected chi connectivity index (χ0v) is 13.5. The Morgan fingerprint density at radius 1 is 0.950 bits per heavy atom. The largest absolute Gasteiger partial charge is 0.314 e. The van der Waals surface area contributed by atoms with Crippen LogP contribution in [0.3, 0.4) is 0 Å². The van der Waals surface area contributed by atoms with Gasteiger partial charge in [0.05, 0.1) is 0 Å². The summed E-state index contributed by atoms with van der Waals surface area (Å²) in [6.07, 6.45) is 16.3. The van der Waals surface area contributed by atoms with E-state index in [0.717, 1.165) is 17.4 Å². The second-order valence-corrected chi connectivity index (χ2v) is 7.97. The number of rotatable bonds is 4. The number of likely N-dealkylation sites (tertiary alicyclic amines) is 1. The predicted octanol–water partition coefficient (Wildman–Crippen LogP) is 3.81. The number of nitrogens with one attached hydrogen (secondary N) is 1. The fraction of sp³-hybridized carbons (Fsp3) is 1.00. The molecule has 0 amide bonds. The predicted molar refractivity (Wildman–Crippen MR) is 86.0 cm³/mol. The summed E-state index contributed by atoms with van der Waals surface area (Å²) in [5.41, 5.74) is 0.798. The molecule has 2 heteroatoms. The van der Waals surface area contributed by atoms with Gasteiger partial charge in [0.15, 0.2) is 0 Å². The Morgan fingerprint density at radius 2 is 1.60 bits per heavy atom. The molecule has 3 fully saturated rings. The van der Waals surface area contributed by atoms with Crippen LogP contribution in [0, 0.1) is 11.3 Å². The van der Waals surface area contributed by atoms with Crippen molar-refractivity contribution in [2.75, 3.05) is 26.7 Å². The van der Waals surface area contributed by atoms with Crippen LogP contribution < -0.4 is 5.32 Å². The van der Waals surface area contributed by atoms with Crippen molar-refractivity contribution in [1.82, 2.24) is 10.2 Å². The van der Waals surface area contributed by atoms with Gasteiger partial charge in [0.25, 0.3) is 0 Å². The zero-order chi connectivity index (χ0) is 13.8. The first-order valence-electron chi connectivity index (χ1n) is 9.18. The van der Waals surface area contributed by atoms with Gasteiger partial charge in [0.2, 0.25) is 0 Å². The Bertz CT molecular complexity index is 278. The molecule has 0 aromatic carbocycles. The molecule has 0 bridgehead atoms. The van der Waals surface area contributed by atoms with Crippen LogP contribution >= 0.6 is 0 Å². The molecule has 2 saturated carbocycles. The van der Waals surface area contributed by atoms with Gasteiger partial charge in [-0.05, 0) is 95.8 Å². The first-order valence-corrected chi connectivity index (χ1v) is 9.18. The molecule has 20 heavy (non-hydrogen) atoms. The highest BCUT2D eigenvalue weighted by Crippen LogP contribution is 2.48. The molecular formula is C18H34N2. The van der Waals surface area contributed by atoms with Crippen LogP contribution in [0.1, 0.15) is 70.6 Å². The van der Waals surface area contributed by atoms with Crippen LogP contribution in [-0.4, -0.2) is 37.6 Å². The number of hydrogen-bond donors (Lipinski definition) is 1. The molecule has 3 aliphatic rings. The number of hydrogen-bond acceptors (Lipinski definition) is 2. The third kappa shape index (κ3) is 3.76. The highest BCUT2D eigenvalue weighted by molar-refractivity contribution is 4.91. The monoisotopic (exact) mass is 278 g/mol. The Hall–Kier alpha value is -0.0800. The van der Waals surface area contributed by atoms with E-state index >= 15 is 0 Å². The zero-order valence-electron chi connectivity index (χ0n) is 13.5. The van der Waals surface area contributed by atoms with Gasteiger partial charge >= 0.3 is 0 Å². The fourth-order valence-electron chi connectivity index (χ4n) is 4.90. The van der Waals surface area contributed by atoms with Crippen LogP contribution in [0.4, 0.5) is 0 Å². The molecule has 1 spiro atoms. The lowest BCUT2D eigenvalue weighted by molar-refractivity contribution is 0.164. The lowest BCUT2D eigenvalue weighted by Gasteiger charge is -2.38. The molecule has 1 N–H and O–H groups in total. The highest BCUT2D eigenvalue weighted by Gasteiger charge is 2.37. The summed E-state index contributed by atoms with van der Waals surface area (Å²) in [5.74, 6) is 0.989. The van der Waals surface area contributed by atoms with Crippen molar-refractivity contribution < 1.29 is 0 Å². The van der Waals surface area contributed by atoms with E-state index in [4.69, 9.17) is 0 Å². The van der Waals surface area contributed by atoms with E-state index in [2.05, 4.69) is 17.3 Å². The lowest BCUT2D eigenvalue weighted by Crippen LogP contribution is -2.38. The Kier molecular flexibility index (Phi) is 5.04. The average molecular weight is 278 g/mol. The molecule has 3 rings (SSSR count). The minimum Gasteiger partial charge on any atom is -0.314 e. The first kappa shape index (κ1) is 14.8. The average Bonchev–Trinajstić information content (AvgIpc) is 2.92. The van der Waals surface area contributed by atoms with Gasteiger partial charge < -0.3 is 10.2 Å². The van der Waals surface area contributed by atoms with Crippen molar-refractivity contribution >= 4 is 0 Å². The van der Waals surface area contributed by atoms with Crippen molar-refractivity contribution in [3.8, 4) is 0 Å². The highest BCUT2D eigenvalue weighted by atomic mass is 15.1. The summed E-state index contributed by atoms with van der Waals surface area (Å²) in [6, 6.07) is 0.840. The minimum atomic E-state index is 0.798. The maximum Gasteiger partial charge on any atom is 0.00674 e. The maximum atomic E-state index is 3.87. The molecular weight excluding hydrogens is 244 g/mol. The molecule has 0 aromatic rings. The topological polar surface area (TPSA) is 15.3 Å². The summed E-state index contributed by atoms with van der Waals surface area (Å²) >= 11 is 0. The van der Waals surface area contributed by atoms with Crippen molar-refractivity contribution in [2.45, 2.75) is 76.7 Å². The van der Waals surface area contributed by atoms with Crippen molar-refractivity contribution in [2.24, 2.45) is 11.3 Å². The minimum absolute atomic E-state index is 0.798. The van der Waals surface area contributed by atoms with Crippen molar-refractivity contribution in [3.05, 3.63) is 0 Å². The van der Waals surface area contributed by atoms with E-state index in [0.29, 0.717) is 0 Å². The maximum absolute atomic E-state index is 3.87. The van der Waals surface area contributed by atoms with Gasteiger partial charge in [0, 0.05) is 6.04 Å². The molecule has 0 atom stereocenters. The van der Waals surface area contributed by atoms with Crippen molar-refractivity contribution in [1.29, 1.82) is 0 Å². The molecule has 2 nitrogen and oxygen atoms in total. The third-order valence-corrected chi connectivity index (χ3v) is 6.53. The summed E-state index contributed by atoms with van der Waals surface area (Å²) in [5, 5.41) is 3.87. The van der Waals surface area contributed by atoms with Crippen LogP contribution in [-0.2, 0) is 0 Å². The third-order valence-electron chi connectivity index (χ3n) is 6.53. The molecule has 2 aliphatic carbocycles. The van der Waals surface area contributed by atoms with Crippen LogP contribution in [0.15, 0.2) is 0 Å². The van der Waals surface area contributed by atoms with Crippen LogP contribution in [0.2, 0.25) is 0 Å². The molecule has 1 heterocycles. The second kappa shape index (κ2) is 6.79. The normalized spacial score (nSPS) is 29.2. The lowest BCUT2D eigenvalue weighted by atomic mass is 9.71. The number of piperidine rings is 1. The van der Waals surface area contributed by atoms with Gasteiger partial charge in [-0.25, -0.2) is 0 Å². The fourth-order valence-corrected chi connectivity index (χ4v) is 4.90. The van der Waals surface area contributed by atoms with E-state index in [1.54, 1.807) is 0 Å². The van der Waals surface area contributed by atoms with E-state index < -0.39 is 0 Å². The SMILES string of the molecule is CN1CCC(CCNC2CCC3(CCCC3)CC2)CC1. The summed E-state index contributed by atoms with van der Waals surface area (Å²) in [6.45, 7) is 3.90. The van der Waals surface area contributed by atoms with Gasteiger partial charge in [-0.2, -0.15) is 0 Å². The van der Waals surface area contributed by atoms with Crippen LogP contribution in [0.5, 0.6) is 0 Å². The molecule has 116 valence electrons. The van der Waals surface area contributed by atoms with E-state index in [-0.39, 0.29) is 0 Å². The Labute approximate surface area is 125 Å². The van der Waals surface area contributed by atoms with Crippen molar-refractivity contribution in [3.63, 3.8) is 0 Å². The quantitative estimate of drug-likeness (QED) is 0.841. The van der Waals surface area contributed by atoms with E-state index in [1.807, 2.05) is 0 Å². The standard InChI is InChI=1S/C18H34N2/c1-20-14-7-16(8-15-20)6-13-19-17-4-11-18(12-5-17)9-2-3-10-18/h16-17,19H,2-15H2,1H3. The van der Waals surface area contributed by atoms with Gasteiger partial charge in [-0.15, -0.1) is 0 Å². The molecule has 1 saturated heterocycles. The summed E-state index contributed by atoms with van der Waals surface area (Å²) in [4.78, 5) is 2.48. The Balaban J connectivity index is 1.30. The van der Waals surface area contributed by atoms with Crippen LogP contribution in [0.25, 0.3) is 0 Å². The molecule has 0 radical (unpaired) electrons. The molecule has 0 aromatic heterocycles. The smallest absolute Gasteiger partial charge is 0.00674 e. The summed E-state index contributed by atoms with van der Waals surface area (Å²) < 4.78 is 0. The van der Waals surface area contributed by atoms with E-state index in [9.17, 15) is 0 Å². The first-order chi connectivity index (χ1) is 9.76. The number of nitrogens with zero attached hydrogens (tertiary/aromatic N) is 1. The second-order valence-electron chi connectivity index (χ2n) is 7.97. The van der Waals surface area contributed by atoms with Gasteiger partial charge in [-0.1, -0.05) is 12.8 Å². The van der Waals surface area contributed by atoms with E-state index in [1.165, 1.54) is 90.3 Å².